The second kappa shape index (κ2) is 8.69. The summed E-state index contributed by atoms with van der Waals surface area (Å²) in [6.07, 6.45) is 1.68. The zero-order valence-electron chi connectivity index (χ0n) is 15.9. The van der Waals surface area contributed by atoms with Crippen LogP contribution < -0.4 is 11.1 Å². The van der Waals surface area contributed by atoms with E-state index in [1.807, 2.05) is 0 Å². The number of hydrogen-bond donors (Lipinski definition) is 2. The monoisotopic (exact) mass is 417 g/mol. The summed E-state index contributed by atoms with van der Waals surface area (Å²) in [6, 6.07) is 0. The lowest BCUT2D eigenvalue weighted by Crippen LogP contribution is -2.10. The molecule has 3 rings (SSSR count). The van der Waals surface area contributed by atoms with Crippen molar-refractivity contribution in [3.8, 4) is 0 Å². The summed E-state index contributed by atoms with van der Waals surface area (Å²) in [5.74, 6) is -0.713. The Labute approximate surface area is 169 Å². The molecule has 0 atom stereocenters. The van der Waals surface area contributed by atoms with E-state index in [4.69, 9.17) is 19.6 Å². The molecule has 0 amide bonds. The Morgan fingerprint density at radius 2 is 2.10 bits per heavy atom. The standard InChI is InChI=1S/C18H19N5O5S/c1-4-6-20-18-21-10(8-29-18)16(24)27-7-11-22-14(19)13-12(17(25)26-5-2)9(3)28-15(13)23-11/h4,8H,1,5-7H2,2-3H3,(H,20,21)(H2,19,22,23). The number of ether oxygens (including phenoxy) is 2. The fraction of sp³-hybridized carbons (Fsp3) is 0.278. The lowest BCUT2D eigenvalue weighted by molar-refractivity contribution is 0.0455. The molecule has 0 bridgehead atoms. The summed E-state index contributed by atoms with van der Waals surface area (Å²) in [5, 5.41) is 5.42. The number of aryl methyl sites for hydroxylation is 1. The summed E-state index contributed by atoms with van der Waals surface area (Å²) in [7, 11) is 0. The molecule has 0 radical (unpaired) electrons. The van der Waals surface area contributed by atoms with E-state index in [0.717, 1.165) is 0 Å². The van der Waals surface area contributed by atoms with Gasteiger partial charge in [-0.3, -0.25) is 0 Å². The van der Waals surface area contributed by atoms with Crippen molar-refractivity contribution >= 4 is 45.3 Å². The van der Waals surface area contributed by atoms with Crippen molar-refractivity contribution in [3.63, 3.8) is 0 Å². The van der Waals surface area contributed by atoms with Gasteiger partial charge in [-0.15, -0.1) is 17.9 Å². The quantitative estimate of drug-likeness (QED) is 0.415. The number of fused-ring (bicyclic) bond motifs is 1. The average molecular weight is 417 g/mol. The van der Waals surface area contributed by atoms with Gasteiger partial charge in [-0.2, -0.15) is 4.98 Å². The number of esters is 2. The van der Waals surface area contributed by atoms with Gasteiger partial charge in [0, 0.05) is 11.9 Å². The fourth-order valence-corrected chi connectivity index (χ4v) is 3.20. The highest BCUT2D eigenvalue weighted by Crippen LogP contribution is 2.29. The van der Waals surface area contributed by atoms with Gasteiger partial charge in [-0.05, 0) is 13.8 Å². The van der Waals surface area contributed by atoms with Crippen molar-refractivity contribution in [3.05, 3.63) is 40.9 Å². The first kappa shape index (κ1) is 20.3. The molecule has 0 spiro atoms. The molecule has 0 aromatic carbocycles. The molecule has 0 aliphatic carbocycles. The van der Waals surface area contributed by atoms with Crippen molar-refractivity contribution in [2.45, 2.75) is 20.5 Å². The summed E-state index contributed by atoms with van der Waals surface area (Å²) in [5.41, 5.74) is 6.45. The van der Waals surface area contributed by atoms with Gasteiger partial charge in [-0.25, -0.2) is 19.6 Å². The van der Waals surface area contributed by atoms with Crippen LogP contribution in [0.15, 0.2) is 22.5 Å². The smallest absolute Gasteiger partial charge is 0.358 e. The number of nitrogens with one attached hydrogen (secondary N) is 1. The molecule has 0 saturated carbocycles. The first-order valence-electron chi connectivity index (χ1n) is 8.64. The minimum Gasteiger partial charge on any atom is -0.462 e. The SMILES string of the molecule is C=CCNc1nc(C(=O)OCc2nc(N)c3c(C(=O)OCC)c(C)oc3n2)cs1. The van der Waals surface area contributed by atoms with E-state index in [2.05, 4.69) is 26.8 Å². The van der Waals surface area contributed by atoms with Crippen LogP contribution in [0.4, 0.5) is 10.9 Å². The van der Waals surface area contributed by atoms with Crippen LogP contribution in [0.25, 0.3) is 11.1 Å². The maximum Gasteiger partial charge on any atom is 0.358 e. The summed E-state index contributed by atoms with van der Waals surface area (Å²) in [6.45, 7) is 7.41. The predicted molar refractivity (Wildman–Crippen MR) is 107 cm³/mol. The summed E-state index contributed by atoms with van der Waals surface area (Å²) in [4.78, 5) is 36.7. The number of nitrogen functional groups attached to an aromatic ring is 1. The number of carbonyl (C=O) groups excluding carboxylic acids is 2. The Morgan fingerprint density at radius 3 is 2.83 bits per heavy atom. The maximum absolute atomic E-state index is 12.2. The average Bonchev–Trinajstić information content (AvgIpc) is 3.28. The van der Waals surface area contributed by atoms with Crippen LogP contribution in [0.1, 0.15) is 39.4 Å². The summed E-state index contributed by atoms with van der Waals surface area (Å²) < 4.78 is 15.7. The Morgan fingerprint density at radius 1 is 1.31 bits per heavy atom. The third-order valence-electron chi connectivity index (χ3n) is 3.72. The molecular formula is C18H19N5O5S. The van der Waals surface area contributed by atoms with Crippen LogP contribution in [0.2, 0.25) is 0 Å². The summed E-state index contributed by atoms with van der Waals surface area (Å²) >= 11 is 1.27. The van der Waals surface area contributed by atoms with E-state index >= 15 is 0 Å². The first-order valence-corrected chi connectivity index (χ1v) is 9.52. The molecule has 3 heterocycles. The van der Waals surface area contributed by atoms with Crippen molar-refractivity contribution in [1.29, 1.82) is 0 Å². The minimum atomic E-state index is -0.627. The van der Waals surface area contributed by atoms with Gasteiger partial charge in [0.2, 0.25) is 5.71 Å². The molecule has 0 aliphatic rings. The van der Waals surface area contributed by atoms with Crippen LogP contribution in [0, 0.1) is 6.92 Å². The maximum atomic E-state index is 12.2. The van der Waals surface area contributed by atoms with E-state index in [1.54, 1.807) is 25.3 Å². The molecule has 10 nitrogen and oxygen atoms in total. The van der Waals surface area contributed by atoms with Crippen molar-refractivity contribution in [2.75, 3.05) is 24.2 Å². The highest BCUT2D eigenvalue weighted by atomic mass is 32.1. The van der Waals surface area contributed by atoms with Gasteiger partial charge in [0.15, 0.2) is 23.3 Å². The van der Waals surface area contributed by atoms with Gasteiger partial charge >= 0.3 is 11.9 Å². The number of nitrogens with two attached hydrogens (primary N) is 1. The van der Waals surface area contributed by atoms with Crippen molar-refractivity contribution in [2.24, 2.45) is 0 Å². The number of thiazole rings is 1. The largest absolute Gasteiger partial charge is 0.462 e. The number of carbonyl (C=O) groups is 2. The van der Waals surface area contributed by atoms with Gasteiger partial charge in [0.05, 0.1) is 12.0 Å². The second-order valence-corrected chi connectivity index (χ2v) is 6.60. The van der Waals surface area contributed by atoms with E-state index in [0.29, 0.717) is 17.4 Å². The number of anilines is 2. The molecular weight excluding hydrogens is 398 g/mol. The van der Waals surface area contributed by atoms with Crippen LogP contribution in [0.5, 0.6) is 0 Å². The lowest BCUT2D eigenvalue weighted by atomic mass is 10.2. The predicted octanol–water partition coefficient (Wildman–Crippen LogP) is 2.70. The molecule has 11 heteroatoms. The van der Waals surface area contributed by atoms with Crippen LogP contribution in [-0.4, -0.2) is 40.0 Å². The van der Waals surface area contributed by atoms with Crippen LogP contribution in [-0.2, 0) is 16.1 Å². The molecule has 3 aromatic heterocycles. The Balaban J connectivity index is 1.75. The normalized spacial score (nSPS) is 10.7. The third-order valence-corrected chi connectivity index (χ3v) is 4.52. The third kappa shape index (κ3) is 4.35. The Kier molecular flexibility index (Phi) is 6.07. The Hall–Kier alpha value is -3.47. The highest BCUT2D eigenvalue weighted by Gasteiger charge is 2.24. The minimum absolute atomic E-state index is 0.0329. The van der Waals surface area contributed by atoms with E-state index in [-0.39, 0.29) is 47.2 Å². The second-order valence-electron chi connectivity index (χ2n) is 5.74. The van der Waals surface area contributed by atoms with E-state index in [9.17, 15) is 9.59 Å². The zero-order valence-corrected chi connectivity index (χ0v) is 16.7. The van der Waals surface area contributed by atoms with E-state index < -0.39 is 11.9 Å². The molecule has 0 saturated heterocycles. The molecule has 3 N–H and O–H groups in total. The topological polar surface area (TPSA) is 142 Å². The Bertz CT molecular complexity index is 1070. The first-order chi connectivity index (χ1) is 13.9. The molecule has 3 aromatic rings. The molecule has 0 unspecified atom stereocenters. The molecule has 152 valence electrons. The van der Waals surface area contributed by atoms with Crippen LogP contribution >= 0.6 is 11.3 Å². The molecule has 0 fully saturated rings. The highest BCUT2D eigenvalue weighted by molar-refractivity contribution is 7.13. The molecule has 0 aliphatic heterocycles. The van der Waals surface area contributed by atoms with Gasteiger partial charge < -0.3 is 24.9 Å². The fourth-order valence-electron chi connectivity index (χ4n) is 2.51. The van der Waals surface area contributed by atoms with Gasteiger partial charge in [0.1, 0.15) is 17.1 Å². The van der Waals surface area contributed by atoms with Gasteiger partial charge in [0.25, 0.3) is 0 Å². The number of nitrogens with zero attached hydrogens (tertiary/aromatic N) is 3. The number of aromatic nitrogens is 3. The lowest BCUT2D eigenvalue weighted by Gasteiger charge is -2.04. The number of furan rings is 1. The van der Waals surface area contributed by atoms with Crippen molar-refractivity contribution < 1.29 is 23.5 Å². The van der Waals surface area contributed by atoms with E-state index in [1.165, 1.54) is 11.3 Å². The number of hydrogen-bond acceptors (Lipinski definition) is 11. The van der Waals surface area contributed by atoms with Crippen molar-refractivity contribution in [1.82, 2.24) is 15.0 Å². The zero-order chi connectivity index (χ0) is 21.0. The molecule has 29 heavy (non-hydrogen) atoms. The number of rotatable bonds is 8. The van der Waals surface area contributed by atoms with Crippen LogP contribution in [0.3, 0.4) is 0 Å². The van der Waals surface area contributed by atoms with Gasteiger partial charge in [-0.1, -0.05) is 6.08 Å².